The Kier molecular flexibility index (Phi) is 17.9. The van der Waals surface area contributed by atoms with Crippen LogP contribution in [0.15, 0.2) is 268 Å². The van der Waals surface area contributed by atoms with Crippen LogP contribution in [0.2, 0.25) is 0 Å². The molecule has 0 N–H and O–H groups in total. The number of hydrogen-bond donors (Lipinski definition) is 0. The van der Waals surface area contributed by atoms with Crippen molar-refractivity contribution >= 4 is 67.2 Å². The molecule has 0 spiro atoms. The highest BCUT2D eigenvalue weighted by Gasteiger charge is 2.32. The molecular formula is C92H92N20+8. The lowest BCUT2D eigenvalue weighted by molar-refractivity contribution is -0.685. The van der Waals surface area contributed by atoms with Crippen molar-refractivity contribution in [1.29, 1.82) is 0 Å². The van der Waals surface area contributed by atoms with Crippen LogP contribution in [0.3, 0.4) is 0 Å². The zero-order valence-corrected chi connectivity index (χ0v) is 66.3. The van der Waals surface area contributed by atoms with E-state index in [2.05, 4.69) is 428 Å². The Morgan fingerprint density at radius 2 is 0.527 bits per heavy atom. The average molecular weight is 1480 g/mol. The van der Waals surface area contributed by atoms with E-state index in [0.717, 1.165) is 113 Å². The Bertz CT molecular complexity index is 6910. The minimum Gasteiger partial charge on any atom is -0.308 e. The third kappa shape index (κ3) is 12.3. The summed E-state index contributed by atoms with van der Waals surface area (Å²) >= 11 is 0. The third-order valence-corrected chi connectivity index (χ3v) is 22.1. The largest absolute Gasteiger partial charge is 0.308 e. The van der Waals surface area contributed by atoms with Crippen molar-refractivity contribution in [2.24, 2.45) is 84.6 Å². The summed E-state index contributed by atoms with van der Waals surface area (Å²) < 4.78 is 35.0. The number of para-hydroxylation sites is 8. The number of imidazole rings is 8. The second kappa shape index (κ2) is 28.3. The molecule has 0 bridgehead atoms. The van der Waals surface area contributed by atoms with Gasteiger partial charge in [0.2, 0.25) is 45.9 Å². The number of aryl methyl sites for hydroxylation is 12. The zero-order valence-electron chi connectivity index (χ0n) is 66.3. The molecule has 0 radical (unpaired) electrons. The first-order chi connectivity index (χ1) is 54.2. The second-order valence-corrected chi connectivity index (χ2v) is 29.6. The lowest BCUT2D eigenvalue weighted by atomic mass is 10.1. The number of benzene rings is 4. The van der Waals surface area contributed by atoms with E-state index in [1.54, 1.807) is 0 Å². The smallest absolute Gasteiger partial charge is 0.277 e. The van der Waals surface area contributed by atoms with Crippen molar-refractivity contribution in [2.45, 2.75) is 27.7 Å². The van der Waals surface area contributed by atoms with Gasteiger partial charge in [0.25, 0.3) is 45.6 Å². The first-order valence-electron chi connectivity index (χ1n) is 37.7. The molecule has 112 heavy (non-hydrogen) atoms. The van der Waals surface area contributed by atoms with Gasteiger partial charge in [-0.2, -0.15) is 36.5 Å². The number of rotatable bonds is 8. The summed E-state index contributed by atoms with van der Waals surface area (Å²) in [6, 6.07) is 76.2. The monoisotopic (exact) mass is 1480 g/mol. The molecule has 20 aromatic rings. The van der Waals surface area contributed by atoms with E-state index >= 15 is 0 Å². The van der Waals surface area contributed by atoms with Crippen LogP contribution in [-0.4, -0.2) is 55.8 Å². The van der Waals surface area contributed by atoms with Crippen molar-refractivity contribution in [1.82, 2.24) is 55.8 Å². The molecular weight excluding hydrogens is 1390 g/mol. The first-order valence-corrected chi connectivity index (χ1v) is 37.7. The van der Waals surface area contributed by atoms with Crippen molar-refractivity contribution in [3.63, 3.8) is 0 Å². The van der Waals surface area contributed by atoms with Gasteiger partial charge in [0.1, 0.15) is 79.2 Å². The van der Waals surface area contributed by atoms with E-state index < -0.39 is 0 Å². The van der Waals surface area contributed by atoms with Crippen molar-refractivity contribution in [2.75, 3.05) is 0 Å². The Morgan fingerprint density at radius 1 is 0.232 bits per heavy atom. The molecule has 0 saturated carbocycles. The Hall–Kier alpha value is -13.9. The molecule has 552 valence electrons. The van der Waals surface area contributed by atoms with Crippen molar-refractivity contribution < 1.29 is 36.5 Å². The van der Waals surface area contributed by atoms with Gasteiger partial charge in [-0.05, 0) is 123 Å². The average Bonchev–Trinajstić information content (AvgIpc) is 1.61. The molecule has 20 rings (SSSR count). The van der Waals surface area contributed by atoms with Gasteiger partial charge in [0.15, 0.2) is 24.8 Å². The molecule has 0 fully saturated rings. The Labute approximate surface area is 649 Å². The van der Waals surface area contributed by atoms with Crippen molar-refractivity contribution in [3.8, 4) is 91.1 Å². The standard InChI is InChI=1S/4C23H23N5/c2*1-16-13-20(19-11-7-8-12-25(19)2)26(3)21(14-16)22-15-28-18-10-6-5-9-17(18)24-23(28)27(22)4;1-16-12-13-19(25(2)14-16)20-10-7-11-21(26(20)3)22-15-28-18-9-6-5-8-17(18)24-23(28)27(22)4;1-16-12-13-25(2)21(14-16)19-10-7-11-20(26(19)3)22-15-28-18-9-6-5-8-17(18)24-23(28)27(22)4/h4*5-15H,1-4H3/q4*+2. The highest BCUT2D eigenvalue weighted by Crippen LogP contribution is 2.32. The molecule has 0 amide bonds. The second-order valence-electron chi connectivity index (χ2n) is 29.6. The molecule has 0 unspecified atom stereocenters. The third-order valence-electron chi connectivity index (χ3n) is 22.1. The quantitative estimate of drug-likeness (QED) is 0.141. The zero-order chi connectivity index (χ0) is 77.7. The van der Waals surface area contributed by atoms with E-state index in [1.807, 2.05) is 24.3 Å². The van der Waals surface area contributed by atoms with Crippen LogP contribution in [0.1, 0.15) is 22.3 Å². The summed E-state index contributed by atoms with van der Waals surface area (Å²) in [7, 11) is 25.2. The molecule has 20 nitrogen and oxygen atoms in total. The highest BCUT2D eigenvalue weighted by molar-refractivity contribution is 5.84. The van der Waals surface area contributed by atoms with Crippen LogP contribution in [0, 0.1) is 27.7 Å². The van der Waals surface area contributed by atoms with Gasteiger partial charge in [0.05, 0.1) is 44.1 Å². The summed E-state index contributed by atoms with van der Waals surface area (Å²) in [6.07, 6.45) is 17.2. The molecule has 0 atom stereocenters. The van der Waals surface area contributed by atoms with Gasteiger partial charge in [-0.3, -0.25) is 17.6 Å². The van der Waals surface area contributed by atoms with Gasteiger partial charge in [-0.25, -0.2) is 19.9 Å². The normalized spacial score (nSPS) is 11.6. The fourth-order valence-corrected chi connectivity index (χ4v) is 16.1. The molecule has 16 heterocycles. The topological polar surface area (TPSA) is 120 Å². The van der Waals surface area contributed by atoms with E-state index in [4.69, 9.17) is 19.9 Å². The Morgan fingerprint density at radius 3 is 0.902 bits per heavy atom. The molecule has 4 aromatic carbocycles. The van der Waals surface area contributed by atoms with Gasteiger partial charge in [-0.1, -0.05) is 48.5 Å². The fraction of sp³-hybridized carbons (Fsp3) is 0.174. The van der Waals surface area contributed by atoms with Crippen LogP contribution in [0.4, 0.5) is 0 Å². The number of pyridine rings is 8. The lowest BCUT2D eigenvalue weighted by Crippen LogP contribution is -2.40. The number of aromatic nitrogens is 20. The van der Waals surface area contributed by atoms with Gasteiger partial charge in [0, 0.05) is 150 Å². The van der Waals surface area contributed by atoms with Crippen LogP contribution in [-0.2, 0) is 84.6 Å². The fourth-order valence-electron chi connectivity index (χ4n) is 16.1. The summed E-state index contributed by atoms with van der Waals surface area (Å²) in [5.74, 6) is 3.79. The van der Waals surface area contributed by atoms with Crippen molar-refractivity contribution in [3.05, 3.63) is 290 Å². The number of nitrogens with zero attached hydrogens (tertiary/aromatic N) is 20. The predicted octanol–water partition coefficient (Wildman–Crippen LogP) is 12.5. The minimum atomic E-state index is 0.947. The van der Waals surface area contributed by atoms with Crippen LogP contribution >= 0.6 is 0 Å². The van der Waals surface area contributed by atoms with E-state index in [0.29, 0.717) is 0 Å². The molecule has 20 heteroatoms. The summed E-state index contributed by atoms with van der Waals surface area (Å²) in [5.41, 5.74) is 32.2. The number of hydrogen-bond acceptors (Lipinski definition) is 4. The van der Waals surface area contributed by atoms with Crippen LogP contribution in [0.25, 0.3) is 158 Å². The lowest BCUT2D eigenvalue weighted by Gasteiger charge is -2.07. The highest BCUT2D eigenvalue weighted by atomic mass is 15.2. The van der Waals surface area contributed by atoms with Crippen LogP contribution in [0.5, 0.6) is 0 Å². The summed E-state index contributed by atoms with van der Waals surface area (Å²) in [5, 5.41) is 0. The van der Waals surface area contributed by atoms with Crippen LogP contribution < -0.4 is 36.5 Å². The summed E-state index contributed by atoms with van der Waals surface area (Å²) in [4.78, 5) is 19.3. The van der Waals surface area contributed by atoms with E-state index in [1.165, 1.54) is 67.8 Å². The minimum absolute atomic E-state index is 0.947. The van der Waals surface area contributed by atoms with Gasteiger partial charge < -0.3 is 18.3 Å². The van der Waals surface area contributed by atoms with E-state index in [-0.39, 0.29) is 0 Å². The Balaban J connectivity index is 0.000000108. The summed E-state index contributed by atoms with van der Waals surface area (Å²) in [6.45, 7) is 8.55. The maximum atomic E-state index is 4.82. The first kappa shape index (κ1) is 71.1. The van der Waals surface area contributed by atoms with Gasteiger partial charge in [-0.15, -0.1) is 0 Å². The molecule has 0 aliphatic heterocycles. The van der Waals surface area contributed by atoms with Gasteiger partial charge >= 0.3 is 0 Å². The molecule has 16 aromatic heterocycles. The SMILES string of the molecule is Cc1cc(-c2cn3c4ccccc4nc3n2C)[n+](C)c(-c2cccc[n+]2C)c1.Cc1cc(-c2cn3c4ccccc4nc3n2C)[n+](C)c(-c2cccc[n+]2C)c1.Cc1cc[n+](C)c(-c2cccc(-c3cn4c5ccccc5nc4n3C)[n+]2C)c1.Cc1ccc(-c2cccc(-c3cn4c5ccccc5nc4n3C)[n+]2C)[n+](C)c1. The maximum Gasteiger partial charge on any atom is 0.277 e. The molecule has 0 aliphatic rings. The van der Waals surface area contributed by atoms with E-state index in [9.17, 15) is 0 Å². The number of fused-ring (bicyclic) bond motifs is 12. The molecule has 0 saturated heterocycles. The molecule has 0 aliphatic carbocycles. The maximum absolute atomic E-state index is 4.82. The predicted molar refractivity (Wildman–Crippen MR) is 439 cm³/mol.